The normalized spacial score (nSPS) is 17.2. The third-order valence-corrected chi connectivity index (χ3v) is 4.03. The predicted octanol–water partition coefficient (Wildman–Crippen LogP) is 3.48. The van der Waals surface area contributed by atoms with Gasteiger partial charge in [0.15, 0.2) is 0 Å². The molecule has 0 amide bonds. The highest BCUT2D eigenvalue weighted by Gasteiger charge is 2.22. The molecule has 0 radical (unpaired) electrons. The summed E-state index contributed by atoms with van der Waals surface area (Å²) in [6, 6.07) is 6.25. The van der Waals surface area contributed by atoms with Crippen LogP contribution in [0.1, 0.15) is 38.1 Å². The van der Waals surface area contributed by atoms with Crippen LogP contribution in [0.15, 0.2) is 18.2 Å². The number of hydrogen-bond acceptors (Lipinski definition) is 3. The van der Waals surface area contributed by atoms with E-state index in [1.165, 1.54) is 32.1 Å². The van der Waals surface area contributed by atoms with Crippen molar-refractivity contribution in [1.82, 2.24) is 9.55 Å². The van der Waals surface area contributed by atoms with Gasteiger partial charge in [0, 0.05) is 6.04 Å². The van der Waals surface area contributed by atoms with Crippen LogP contribution in [0.3, 0.4) is 0 Å². The summed E-state index contributed by atoms with van der Waals surface area (Å²) in [5, 5.41) is 0.743. The number of hydrogen-bond donors (Lipinski definition) is 2. The smallest absolute Gasteiger partial charge is 0.218 e. The number of nitrogens with two attached hydrogens (primary N) is 1. The van der Waals surface area contributed by atoms with Crippen LogP contribution in [-0.4, -0.2) is 9.55 Å². The molecule has 5 heteroatoms. The van der Waals surface area contributed by atoms with Crippen molar-refractivity contribution in [1.29, 1.82) is 0 Å². The lowest BCUT2D eigenvalue weighted by atomic mass is 9.95. The van der Waals surface area contributed by atoms with E-state index in [2.05, 4.69) is 15.0 Å². The average molecular weight is 265 g/mol. The maximum atomic E-state index is 6.32. The third-order valence-electron chi connectivity index (χ3n) is 3.73. The Morgan fingerprint density at radius 3 is 2.78 bits per heavy atom. The quantitative estimate of drug-likeness (QED) is 0.645. The number of nitrogens with zero attached hydrogens (tertiary/aromatic N) is 2. The Hall–Kier alpha value is -1.26. The zero-order chi connectivity index (χ0) is 12.5. The van der Waals surface area contributed by atoms with Crippen molar-refractivity contribution in [3.05, 3.63) is 23.2 Å². The number of fused-ring (bicyclic) bond motifs is 1. The van der Waals surface area contributed by atoms with Gasteiger partial charge in [0.25, 0.3) is 0 Å². The maximum Gasteiger partial charge on any atom is 0.218 e. The van der Waals surface area contributed by atoms with Crippen molar-refractivity contribution in [2.45, 2.75) is 38.1 Å². The second-order valence-electron chi connectivity index (χ2n) is 4.85. The number of hydrazine groups is 1. The molecule has 0 unspecified atom stereocenters. The summed E-state index contributed by atoms with van der Waals surface area (Å²) >= 11 is 6.32. The van der Waals surface area contributed by atoms with E-state index in [1.54, 1.807) is 0 Å². The van der Waals surface area contributed by atoms with Crippen LogP contribution >= 0.6 is 11.6 Å². The molecule has 1 aliphatic carbocycles. The molecule has 1 saturated carbocycles. The maximum absolute atomic E-state index is 6.32. The molecule has 1 heterocycles. The summed E-state index contributed by atoms with van der Waals surface area (Å²) in [5.41, 5.74) is 4.61. The summed E-state index contributed by atoms with van der Waals surface area (Å²) in [7, 11) is 0. The van der Waals surface area contributed by atoms with Crippen molar-refractivity contribution in [3.63, 3.8) is 0 Å². The van der Waals surface area contributed by atoms with Gasteiger partial charge in [-0.3, -0.25) is 5.43 Å². The minimum absolute atomic E-state index is 0.453. The SMILES string of the molecule is NNc1nc2cccc(Cl)c2n1C1CCCCC1. The van der Waals surface area contributed by atoms with E-state index >= 15 is 0 Å². The lowest BCUT2D eigenvalue weighted by molar-refractivity contribution is 0.362. The average Bonchev–Trinajstić information content (AvgIpc) is 2.79. The molecular formula is C13H17ClN4. The number of halogens is 1. The minimum Gasteiger partial charge on any atom is -0.305 e. The lowest BCUT2D eigenvalue weighted by Gasteiger charge is -2.25. The standard InChI is InChI=1S/C13H17ClN4/c14-10-7-4-8-11-12(10)18(13(16-11)17-15)9-5-2-1-3-6-9/h4,7-9H,1-3,5-6,15H2,(H,16,17). The van der Waals surface area contributed by atoms with Gasteiger partial charge in [-0.2, -0.15) is 0 Å². The fraction of sp³-hybridized carbons (Fsp3) is 0.462. The fourth-order valence-electron chi connectivity index (χ4n) is 2.90. The summed E-state index contributed by atoms with van der Waals surface area (Å²) in [4.78, 5) is 4.51. The Bertz CT molecular complexity index is 557. The van der Waals surface area contributed by atoms with Gasteiger partial charge in [0.2, 0.25) is 5.95 Å². The molecule has 1 aromatic carbocycles. The Kier molecular flexibility index (Phi) is 3.14. The van der Waals surface area contributed by atoms with Crippen LogP contribution in [0.5, 0.6) is 0 Å². The van der Waals surface area contributed by atoms with Crippen LogP contribution in [0.25, 0.3) is 11.0 Å². The second-order valence-corrected chi connectivity index (χ2v) is 5.26. The van der Waals surface area contributed by atoms with Gasteiger partial charge in [0.1, 0.15) is 0 Å². The molecule has 3 N–H and O–H groups in total. The van der Waals surface area contributed by atoms with E-state index in [-0.39, 0.29) is 0 Å². The number of imidazole rings is 1. The van der Waals surface area contributed by atoms with Crippen LogP contribution < -0.4 is 11.3 Å². The summed E-state index contributed by atoms with van der Waals surface area (Å²) in [6.07, 6.45) is 6.19. The van der Waals surface area contributed by atoms with Gasteiger partial charge >= 0.3 is 0 Å². The molecule has 1 aliphatic rings. The van der Waals surface area contributed by atoms with E-state index < -0.39 is 0 Å². The van der Waals surface area contributed by atoms with Gasteiger partial charge in [0.05, 0.1) is 16.1 Å². The number of benzene rings is 1. The molecule has 0 atom stereocenters. The molecule has 3 rings (SSSR count). The molecule has 2 aromatic rings. The fourth-order valence-corrected chi connectivity index (χ4v) is 3.16. The van der Waals surface area contributed by atoms with Gasteiger partial charge in [-0.25, -0.2) is 10.8 Å². The second kappa shape index (κ2) is 4.78. The Labute approximate surface area is 111 Å². The lowest BCUT2D eigenvalue weighted by Crippen LogP contribution is -2.19. The molecule has 0 aliphatic heterocycles. The van der Waals surface area contributed by atoms with Crippen molar-refractivity contribution in [3.8, 4) is 0 Å². The third kappa shape index (κ3) is 1.85. The zero-order valence-electron chi connectivity index (χ0n) is 10.2. The van der Waals surface area contributed by atoms with E-state index in [0.29, 0.717) is 12.0 Å². The molecular weight excluding hydrogens is 248 g/mol. The van der Waals surface area contributed by atoms with E-state index in [4.69, 9.17) is 17.4 Å². The highest BCUT2D eigenvalue weighted by atomic mass is 35.5. The Balaban J connectivity index is 2.17. The van der Waals surface area contributed by atoms with Crippen LogP contribution in [0, 0.1) is 0 Å². The van der Waals surface area contributed by atoms with Gasteiger partial charge in [-0.05, 0) is 25.0 Å². The van der Waals surface area contributed by atoms with Crippen molar-refractivity contribution >= 4 is 28.6 Å². The molecule has 18 heavy (non-hydrogen) atoms. The molecule has 0 saturated heterocycles. The van der Waals surface area contributed by atoms with E-state index in [1.807, 2.05) is 18.2 Å². The number of nitrogens with one attached hydrogen (secondary N) is 1. The zero-order valence-corrected chi connectivity index (χ0v) is 11.0. The number of nitrogen functional groups attached to an aromatic ring is 1. The first kappa shape index (κ1) is 11.8. The minimum atomic E-state index is 0.453. The van der Waals surface area contributed by atoms with Gasteiger partial charge < -0.3 is 4.57 Å². The first-order chi connectivity index (χ1) is 8.81. The van der Waals surface area contributed by atoms with Crippen LogP contribution in [0.2, 0.25) is 5.02 Å². The van der Waals surface area contributed by atoms with Crippen LogP contribution in [-0.2, 0) is 0 Å². The Morgan fingerprint density at radius 2 is 2.06 bits per heavy atom. The van der Waals surface area contributed by atoms with Crippen molar-refractivity contribution < 1.29 is 0 Å². The highest BCUT2D eigenvalue weighted by Crippen LogP contribution is 2.36. The van der Waals surface area contributed by atoms with Crippen molar-refractivity contribution in [2.75, 3.05) is 5.43 Å². The first-order valence-electron chi connectivity index (χ1n) is 6.44. The van der Waals surface area contributed by atoms with Crippen LogP contribution in [0.4, 0.5) is 5.95 Å². The van der Waals surface area contributed by atoms with Gasteiger partial charge in [-0.15, -0.1) is 0 Å². The molecule has 1 aromatic heterocycles. The number of aromatic nitrogens is 2. The molecule has 1 fully saturated rings. The number of anilines is 1. The summed E-state index contributed by atoms with van der Waals surface area (Å²) < 4.78 is 2.18. The highest BCUT2D eigenvalue weighted by molar-refractivity contribution is 6.35. The van der Waals surface area contributed by atoms with E-state index in [9.17, 15) is 0 Å². The predicted molar refractivity (Wildman–Crippen MR) is 74.7 cm³/mol. The molecule has 96 valence electrons. The molecule has 0 spiro atoms. The summed E-state index contributed by atoms with van der Waals surface area (Å²) in [6.45, 7) is 0. The molecule has 0 bridgehead atoms. The monoisotopic (exact) mass is 264 g/mol. The van der Waals surface area contributed by atoms with E-state index in [0.717, 1.165) is 16.1 Å². The number of para-hydroxylation sites is 1. The topological polar surface area (TPSA) is 55.9 Å². The van der Waals surface area contributed by atoms with Gasteiger partial charge in [-0.1, -0.05) is 36.9 Å². The molecule has 4 nitrogen and oxygen atoms in total. The summed E-state index contributed by atoms with van der Waals surface area (Å²) in [5.74, 6) is 6.31. The first-order valence-corrected chi connectivity index (χ1v) is 6.82. The Morgan fingerprint density at radius 1 is 1.28 bits per heavy atom. The number of rotatable bonds is 2. The largest absolute Gasteiger partial charge is 0.305 e. The van der Waals surface area contributed by atoms with Crippen molar-refractivity contribution in [2.24, 2.45) is 5.84 Å².